The number of rotatable bonds is 7. The molecule has 0 bridgehead atoms. The normalized spacial score (nSPS) is 11.8. The topological polar surface area (TPSA) is 51.2 Å². The predicted octanol–water partition coefficient (Wildman–Crippen LogP) is 5.39. The van der Waals surface area contributed by atoms with Gasteiger partial charge in [-0.25, -0.2) is 4.98 Å². The van der Waals surface area contributed by atoms with Gasteiger partial charge in [0.25, 0.3) is 0 Å². The summed E-state index contributed by atoms with van der Waals surface area (Å²) in [6, 6.07) is 15.7. The zero-order valence-electron chi connectivity index (χ0n) is 15.2. The molecular formula is C21H21BrN2O2S. The first-order valence-corrected chi connectivity index (χ1v) is 10.4. The number of thiazole rings is 1. The van der Waals surface area contributed by atoms with Gasteiger partial charge in [0.05, 0.1) is 24.8 Å². The third kappa shape index (κ3) is 5.40. The van der Waals surface area contributed by atoms with Crippen molar-refractivity contribution in [3.8, 4) is 16.3 Å². The van der Waals surface area contributed by atoms with E-state index in [1.54, 1.807) is 11.3 Å². The number of nitrogens with one attached hydrogen (secondary N) is 1. The van der Waals surface area contributed by atoms with Gasteiger partial charge in [-0.05, 0) is 43.7 Å². The highest BCUT2D eigenvalue weighted by atomic mass is 79.9. The van der Waals surface area contributed by atoms with E-state index in [4.69, 9.17) is 4.74 Å². The molecular weight excluding hydrogens is 424 g/mol. The fourth-order valence-electron chi connectivity index (χ4n) is 2.70. The molecule has 4 nitrogen and oxygen atoms in total. The zero-order chi connectivity index (χ0) is 19.2. The van der Waals surface area contributed by atoms with Crippen molar-refractivity contribution in [2.24, 2.45) is 0 Å². The molecule has 27 heavy (non-hydrogen) atoms. The fourth-order valence-corrected chi connectivity index (χ4v) is 3.92. The molecule has 1 N–H and O–H groups in total. The lowest BCUT2D eigenvalue weighted by atomic mass is 10.1. The summed E-state index contributed by atoms with van der Waals surface area (Å²) in [5.74, 6) is 0.796. The molecule has 0 aliphatic carbocycles. The van der Waals surface area contributed by atoms with E-state index in [2.05, 4.69) is 26.2 Å². The van der Waals surface area contributed by atoms with Crippen LogP contribution in [0.5, 0.6) is 5.75 Å². The number of nitrogens with zero attached hydrogens (tertiary/aromatic N) is 1. The van der Waals surface area contributed by atoms with Crippen LogP contribution < -0.4 is 10.1 Å². The van der Waals surface area contributed by atoms with Crippen LogP contribution in [0.4, 0.5) is 0 Å². The largest absolute Gasteiger partial charge is 0.494 e. The van der Waals surface area contributed by atoms with Gasteiger partial charge in [-0.2, -0.15) is 0 Å². The van der Waals surface area contributed by atoms with Gasteiger partial charge in [-0.1, -0.05) is 40.2 Å². The van der Waals surface area contributed by atoms with Crippen LogP contribution >= 0.6 is 27.3 Å². The van der Waals surface area contributed by atoms with E-state index in [0.717, 1.165) is 32.1 Å². The van der Waals surface area contributed by atoms with E-state index in [1.165, 1.54) is 0 Å². The summed E-state index contributed by atoms with van der Waals surface area (Å²) < 4.78 is 6.46. The van der Waals surface area contributed by atoms with Gasteiger partial charge in [0.1, 0.15) is 10.8 Å². The maximum absolute atomic E-state index is 12.4. The van der Waals surface area contributed by atoms with Crippen molar-refractivity contribution in [2.75, 3.05) is 6.61 Å². The number of amides is 1. The minimum atomic E-state index is -0.0728. The van der Waals surface area contributed by atoms with Crippen LogP contribution in [0.1, 0.15) is 31.1 Å². The summed E-state index contributed by atoms with van der Waals surface area (Å²) in [5, 5.41) is 5.89. The Kier molecular flexibility index (Phi) is 6.63. The molecule has 1 amide bonds. The molecule has 0 spiro atoms. The maximum Gasteiger partial charge on any atom is 0.226 e. The van der Waals surface area contributed by atoms with Gasteiger partial charge < -0.3 is 10.1 Å². The maximum atomic E-state index is 12.4. The molecule has 1 aromatic heterocycles. The van der Waals surface area contributed by atoms with Crippen LogP contribution in [0, 0.1) is 0 Å². The molecule has 1 unspecified atom stereocenters. The molecule has 1 atom stereocenters. The first-order valence-electron chi connectivity index (χ1n) is 8.77. The van der Waals surface area contributed by atoms with Crippen LogP contribution in [0.25, 0.3) is 10.6 Å². The van der Waals surface area contributed by atoms with Gasteiger partial charge in [-0.3, -0.25) is 4.79 Å². The first kappa shape index (κ1) is 19.6. The molecule has 3 aromatic rings. The Labute approximate surface area is 171 Å². The van der Waals surface area contributed by atoms with Crippen molar-refractivity contribution in [1.29, 1.82) is 0 Å². The van der Waals surface area contributed by atoms with Crippen LogP contribution in [-0.4, -0.2) is 17.5 Å². The monoisotopic (exact) mass is 444 g/mol. The highest BCUT2D eigenvalue weighted by Gasteiger charge is 2.13. The summed E-state index contributed by atoms with van der Waals surface area (Å²) in [6.45, 7) is 4.57. The van der Waals surface area contributed by atoms with Crippen molar-refractivity contribution in [3.05, 3.63) is 69.6 Å². The number of aromatic nitrogens is 1. The van der Waals surface area contributed by atoms with Crippen LogP contribution in [0.3, 0.4) is 0 Å². The number of hydrogen-bond acceptors (Lipinski definition) is 4. The third-order valence-corrected chi connectivity index (χ3v) is 5.47. The number of carbonyl (C=O) groups is 1. The zero-order valence-corrected chi connectivity index (χ0v) is 17.6. The highest BCUT2D eigenvalue weighted by molar-refractivity contribution is 9.10. The highest BCUT2D eigenvalue weighted by Crippen LogP contribution is 2.26. The summed E-state index contributed by atoms with van der Waals surface area (Å²) in [7, 11) is 0. The standard InChI is InChI=1S/C21H21BrN2O2S/c1-3-26-19-9-7-15(8-10-19)14(2)23-20(25)12-18-13-27-21(24-18)16-5-4-6-17(22)11-16/h4-11,13-14H,3,12H2,1-2H3,(H,23,25). The summed E-state index contributed by atoms with van der Waals surface area (Å²) >= 11 is 5.02. The summed E-state index contributed by atoms with van der Waals surface area (Å²) in [4.78, 5) is 17.0. The fraction of sp³-hybridized carbons (Fsp3) is 0.238. The summed E-state index contributed by atoms with van der Waals surface area (Å²) in [5.41, 5.74) is 2.87. The number of hydrogen-bond donors (Lipinski definition) is 1. The molecule has 0 fully saturated rings. The van der Waals surface area contributed by atoms with E-state index in [0.29, 0.717) is 6.61 Å². The Balaban J connectivity index is 1.59. The van der Waals surface area contributed by atoms with E-state index < -0.39 is 0 Å². The van der Waals surface area contributed by atoms with E-state index in [9.17, 15) is 4.79 Å². The Morgan fingerprint density at radius 2 is 2.04 bits per heavy atom. The van der Waals surface area contributed by atoms with Crippen molar-refractivity contribution in [1.82, 2.24) is 10.3 Å². The second-order valence-corrected chi connectivity index (χ2v) is 7.90. The van der Waals surface area contributed by atoms with Gasteiger partial charge in [0, 0.05) is 15.4 Å². The van der Waals surface area contributed by atoms with Gasteiger partial charge in [0.2, 0.25) is 5.91 Å². The van der Waals surface area contributed by atoms with Crippen molar-refractivity contribution < 1.29 is 9.53 Å². The van der Waals surface area contributed by atoms with Crippen LogP contribution in [0.2, 0.25) is 0 Å². The number of ether oxygens (including phenoxy) is 1. The lowest BCUT2D eigenvalue weighted by molar-refractivity contribution is -0.121. The van der Waals surface area contributed by atoms with E-state index >= 15 is 0 Å². The van der Waals surface area contributed by atoms with Gasteiger partial charge >= 0.3 is 0 Å². The molecule has 0 radical (unpaired) electrons. The Morgan fingerprint density at radius 3 is 2.74 bits per heavy atom. The molecule has 0 aliphatic rings. The number of halogens is 1. The average Bonchev–Trinajstić information content (AvgIpc) is 3.11. The second kappa shape index (κ2) is 9.15. The first-order chi connectivity index (χ1) is 13.0. The minimum absolute atomic E-state index is 0.0394. The van der Waals surface area contributed by atoms with Gasteiger partial charge in [-0.15, -0.1) is 11.3 Å². The summed E-state index contributed by atoms with van der Waals surface area (Å²) in [6.07, 6.45) is 0.270. The second-order valence-electron chi connectivity index (χ2n) is 6.12. The lowest BCUT2D eigenvalue weighted by Gasteiger charge is -2.14. The van der Waals surface area contributed by atoms with Crippen molar-refractivity contribution >= 4 is 33.2 Å². The third-order valence-electron chi connectivity index (χ3n) is 4.03. The SMILES string of the molecule is CCOc1ccc(C(C)NC(=O)Cc2csc(-c3cccc(Br)c3)n2)cc1. The molecule has 0 saturated carbocycles. The van der Waals surface area contributed by atoms with E-state index in [1.807, 2.05) is 67.8 Å². The molecule has 2 aromatic carbocycles. The number of carbonyl (C=O) groups excluding carboxylic acids is 1. The van der Waals surface area contributed by atoms with Crippen molar-refractivity contribution in [3.63, 3.8) is 0 Å². The lowest BCUT2D eigenvalue weighted by Crippen LogP contribution is -2.28. The van der Waals surface area contributed by atoms with Crippen LogP contribution in [-0.2, 0) is 11.2 Å². The average molecular weight is 445 g/mol. The number of benzene rings is 2. The molecule has 140 valence electrons. The molecule has 0 aliphatic heterocycles. The van der Waals surface area contributed by atoms with Gasteiger partial charge in [0.15, 0.2) is 0 Å². The Hall–Kier alpha value is -2.18. The Bertz CT molecular complexity index is 909. The Morgan fingerprint density at radius 1 is 1.26 bits per heavy atom. The van der Waals surface area contributed by atoms with E-state index in [-0.39, 0.29) is 18.4 Å². The predicted molar refractivity (Wildman–Crippen MR) is 113 cm³/mol. The van der Waals surface area contributed by atoms with Crippen molar-refractivity contribution in [2.45, 2.75) is 26.3 Å². The molecule has 1 heterocycles. The molecule has 3 rings (SSSR count). The molecule has 0 saturated heterocycles. The quantitative estimate of drug-likeness (QED) is 0.531. The van der Waals surface area contributed by atoms with Crippen LogP contribution in [0.15, 0.2) is 58.4 Å². The molecule has 6 heteroatoms. The smallest absolute Gasteiger partial charge is 0.226 e. The minimum Gasteiger partial charge on any atom is -0.494 e.